The van der Waals surface area contributed by atoms with E-state index < -0.39 is 0 Å². The molecule has 1 N–H and O–H groups in total. The number of carbonyl (C=O) groups is 1. The summed E-state index contributed by atoms with van der Waals surface area (Å²) >= 11 is 6.27. The molecule has 7 heteroatoms. The summed E-state index contributed by atoms with van der Waals surface area (Å²) < 4.78 is 1.69. The minimum atomic E-state index is -0.387. The molecule has 0 aliphatic heterocycles. The van der Waals surface area contributed by atoms with Crippen molar-refractivity contribution in [3.8, 4) is 5.82 Å². The van der Waals surface area contributed by atoms with E-state index in [4.69, 9.17) is 11.6 Å². The number of aryl methyl sites for hydroxylation is 3. The molecule has 0 unspecified atom stereocenters. The lowest BCUT2D eigenvalue weighted by molar-refractivity contribution is 0.102. The van der Waals surface area contributed by atoms with Crippen molar-refractivity contribution in [2.24, 2.45) is 0 Å². The van der Waals surface area contributed by atoms with Gasteiger partial charge in [-0.1, -0.05) is 17.7 Å². The number of rotatable bonds is 3. The van der Waals surface area contributed by atoms with Crippen LogP contribution in [0.4, 0.5) is 5.69 Å². The second kappa shape index (κ2) is 7.05. The zero-order chi connectivity index (χ0) is 19.8. The Bertz CT molecular complexity index is 1210. The summed E-state index contributed by atoms with van der Waals surface area (Å²) in [5.41, 5.74) is 4.48. The van der Waals surface area contributed by atoms with E-state index in [2.05, 4.69) is 20.4 Å². The molecule has 6 nitrogen and oxygen atoms in total. The number of hydrogen-bond donors (Lipinski definition) is 1. The maximum Gasteiger partial charge on any atom is 0.275 e. The molecule has 3 heterocycles. The zero-order valence-electron chi connectivity index (χ0n) is 15.7. The van der Waals surface area contributed by atoms with Gasteiger partial charge in [-0.2, -0.15) is 5.10 Å². The molecule has 4 rings (SSSR count). The van der Waals surface area contributed by atoms with Crippen LogP contribution in [-0.4, -0.2) is 25.7 Å². The van der Waals surface area contributed by atoms with Crippen LogP contribution in [0.1, 0.15) is 27.4 Å². The van der Waals surface area contributed by atoms with Crippen molar-refractivity contribution >= 4 is 34.1 Å². The van der Waals surface area contributed by atoms with Crippen LogP contribution in [0.2, 0.25) is 5.02 Å². The lowest BCUT2D eigenvalue weighted by Crippen LogP contribution is -2.16. The molecule has 28 heavy (non-hydrogen) atoms. The van der Waals surface area contributed by atoms with Crippen molar-refractivity contribution in [2.45, 2.75) is 20.8 Å². The Labute approximate surface area is 167 Å². The Morgan fingerprint density at radius 1 is 1.11 bits per heavy atom. The normalized spacial score (nSPS) is 11.0. The summed E-state index contributed by atoms with van der Waals surface area (Å²) in [7, 11) is 0. The highest BCUT2D eigenvalue weighted by Gasteiger charge is 2.17. The number of amides is 1. The largest absolute Gasteiger partial charge is 0.320 e. The summed E-state index contributed by atoms with van der Waals surface area (Å²) in [6.45, 7) is 5.82. The monoisotopic (exact) mass is 391 g/mol. The molecule has 4 aromatic rings. The Morgan fingerprint density at radius 3 is 2.68 bits per heavy atom. The maximum absolute atomic E-state index is 12.9. The maximum atomic E-state index is 12.9. The number of pyridine rings is 2. The second-order valence-corrected chi connectivity index (χ2v) is 7.03. The molecule has 140 valence electrons. The van der Waals surface area contributed by atoms with Gasteiger partial charge >= 0.3 is 0 Å². The molecule has 0 fully saturated rings. The lowest BCUT2D eigenvalue weighted by Gasteiger charge is -2.11. The number of nitrogens with one attached hydrogen (secondary N) is 1. The molecular formula is C21H18ClN5O. The molecule has 0 spiro atoms. The molecule has 0 aliphatic rings. The van der Waals surface area contributed by atoms with Gasteiger partial charge < -0.3 is 5.32 Å². The molecule has 0 bridgehead atoms. The highest BCUT2D eigenvalue weighted by molar-refractivity contribution is 6.34. The predicted octanol–water partition coefficient (Wildman–Crippen LogP) is 4.65. The van der Waals surface area contributed by atoms with Gasteiger partial charge in [0.05, 0.1) is 21.9 Å². The summed E-state index contributed by atoms with van der Waals surface area (Å²) in [5, 5.41) is 8.47. The zero-order valence-corrected chi connectivity index (χ0v) is 16.4. The average Bonchev–Trinajstić information content (AvgIpc) is 3.02. The van der Waals surface area contributed by atoms with Gasteiger partial charge in [-0.25, -0.2) is 9.67 Å². The van der Waals surface area contributed by atoms with Gasteiger partial charge in [0.2, 0.25) is 0 Å². The highest BCUT2D eigenvalue weighted by atomic mass is 35.5. The lowest BCUT2D eigenvalue weighted by atomic mass is 10.1. The van der Waals surface area contributed by atoms with E-state index in [-0.39, 0.29) is 16.6 Å². The van der Waals surface area contributed by atoms with Crippen molar-refractivity contribution in [3.05, 3.63) is 76.3 Å². The topological polar surface area (TPSA) is 72.7 Å². The number of nitrogens with zero attached hydrogens (tertiary/aromatic N) is 4. The minimum absolute atomic E-state index is 0.143. The van der Waals surface area contributed by atoms with Gasteiger partial charge in [-0.05, 0) is 62.7 Å². The summed E-state index contributed by atoms with van der Waals surface area (Å²) in [5.74, 6) is 0.151. The van der Waals surface area contributed by atoms with E-state index in [0.717, 1.165) is 27.9 Å². The number of anilines is 1. The van der Waals surface area contributed by atoms with E-state index in [9.17, 15) is 4.79 Å². The first-order valence-corrected chi connectivity index (χ1v) is 9.17. The van der Waals surface area contributed by atoms with E-state index in [1.807, 2.05) is 51.1 Å². The molecule has 0 saturated carbocycles. The fourth-order valence-corrected chi connectivity index (χ4v) is 3.37. The fourth-order valence-electron chi connectivity index (χ4n) is 3.17. The second-order valence-electron chi connectivity index (χ2n) is 6.62. The number of hydrogen-bond acceptors (Lipinski definition) is 4. The number of halogens is 1. The van der Waals surface area contributed by atoms with Crippen molar-refractivity contribution in [3.63, 3.8) is 0 Å². The first-order valence-electron chi connectivity index (χ1n) is 8.80. The number of carbonyl (C=O) groups excluding carboxylic acids is 1. The van der Waals surface area contributed by atoms with Crippen LogP contribution in [0, 0.1) is 20.8 Å². The van der Waals surface area contributed by atoms with E-state index in [1.165, 1.54) is 0 Å². The Morgan fingerprint density at radius 2 is 1.93 bits per heavy atom. The number of benzene rings is 1. The first kappa shape index (κ1) is 18.1. The molecule has 1 amide bonds. The fraction of sp³-hybridized carbons (Fsp3) is 0.143. The van der Waals surface area contributed by atoms with Crippen molar-refractivity contribution in [2.75, 3.05) is 5.32 Å². The molecule has 1 aromatic carbocycles. The molecule has 0 atom stereocenters. The third-order valence-electron chi connectivity index (χ3n) is 4.49. The quantitative estimate of drug-likeness (QED) is 0.551. The number of fused-ring (bicyclic) bond motifs is 1. The predicted molar refractivity (Wildman–Crippen MR) is 110 cm³/mol. The number of aromatic nitrogens is 4. The third-order valence-corrected chi connectivity index (χ3v) is 4.80. The molecule has 0 aliphatic carbocycles. The van der Waals surface area contributed by atoms with Gasteiger partial charge in [0, 0.05) is 17.3 Å². The van der Waals surface area contributed by atoms with Crippen LogP contribution in [0.5, 0.6) is 0 Å². The smallest absolute Gasteiger partial charge is 0.275 e. The van der Waals surface area contributed by atoms with Crippen molar-refractivity contribution in [1.82, 2.24) is 19.7 Å². The van der Waals surface area contributed by atoms with Crippen LogP contribution in [0.25, 0.3) is 16.7 Å². The minimum Gasteiger partial charge on any atom is -0.320 e. The Kier molecular flexibility index (Phi) is 4.57. The van der Waals surface area contributed by atoms with Crippen LogP contribution >= 0.6 is 11.6 Å². The van der Waals surface area contributed by atoms with E-state index in [1.54, 1.807) is 23.0 Å². The van der Waals surface area contributed by atoms with Gasteiger partial charge in [-0.3, -0.25) is 9.78 Å². The molecule has 3 aromatic heterocycles. The Balaban J connectivity index is 1.72. The van der Waals surface area contributed by atoms with E-state index in [0.29, 0.717) is 11.5 Å². The Hall–Kier alpha value is -3.25. The summed E-state index contributed by atoms with van der Waals surface area (Å²) in [6.07, 6.45) is 1.73. The van der Waals surface area contributed by atoms with Gasteiger partial charge in [0.15, 0.2) is 5.82 Å². The standard InChI is InChI=1S/C21H18ClN5O/c1-12-6-8-17(15-5-4-10-23-19(12)15)24-21(28)20-16(22)7-9-18(25-20)27-14(3)11-13(2)26-27/h4-11H,1-3H3,(H,24,28). The average molecular weight is 392 g/mol. The molecule has 0 radical (unpaired) electrons. The molecular weight excluding hydrogens is 374 g/mol. The van der Waals surface area contributed by atoms with Gasteiger partial charge in [-0.15, -0.1) is 0 Å². The van der Waals surface area contributed by atoms with Crippen molar-refractivity contribution in [1.29, 1.82) is 0 Å². The van der Waals surface area contributed by atoms with Gasteiger partial charge in [0.1, 0.15) is 5.69 Å². The first-order chi connectivity index (χ1) is 13.4. The van der Waals surface area contributed by atoms with Crippen molar-refractivity contribution < 1.29 is 4.79 Å². The van der Waals surface area contributed by atoms with Crippen LogP contribution in [-0.2, 0) is 0 Å². The van der Waals surface area contributed by atoms with Gasteiger partial charge in [0.25, 0.3) is 5.91 Å². The van der Waals surface area contributed by atoms with Crippen LogP contribution in [0.3, 0.4) is 0 Å². The summed E-state index contributed by atoms with van der Waals surface area (Å²) in [4.78, 5) is 21.8. The highest BCUT2D eigenvalue weighted by Crippen LogP contribution is 2.26. The van der Waals surface area contributed by atoms with E-state index >= 15 is 0 Å². The SMILES string of the molecule is Cc1cc(C)n(-c2ccc(Cl)c(C(=O)Nc3ccc(C)c4ncccc34)n2)n1. The summed E-state index contributed by atoms with van der Waals surface area (Å²) in [6, 6.07) is 12.9. The van der Waals surface area contributed by atoms with Crippen LogP contribution < -0.4 is 5.32 Å². The molecule has 0 saturated heterocycles. The third kappa shape index (κ3) is 3.23. The van der Waals surface area contributed by atoms with Crippen LogP contribution in [0.15, 0.2) is 48.7 Å².